The van der Waals surface area contributed by atoms with Gasteiger partial charge in [-0.05, 0) is 32.3 Å². The molecule has 0 saturated heterocycles. The Bertz CT molecular complexity index is 446. The summed E-state index contributed by atoms with van der Waals surface area (Å²) in [5, 5.41) is 0. The molecule has 0 saturated carbocycles. The summed E-state index contributed by atoms with van der Waals surface area (Å²) in [5.74, 6) is 0.623. The Morgan fingerprint density at radius 3 is 2.94 bits per heavy atom. The lowest BCUT2D eigenvalue weighted by Crippen LogP contribution is -2.37. The third-order valence-electron chi connectivity index (χ3n) is 2.96. The van der Waals surface area contributed by atoms with E-state index < -0.39 is 0 Å². The molecule has 2 N–H and O–H groups in total. The van der Waals surface area contributed by atoms with Crippen molar-refractivity contribution in [2.45, 2.75) is 0 Å². The average molecular weight is 249 g/mol. The van der Waals surface area contributed by atoms with E-state index in [1.54, 1.807) is 18.2 Å². The van der Waals surface area contributed by atoms with Crippen molar-refractivity contribution in [1.82, 2.24) is 9.80 Å². The summed E-state index contributed by atoms with van der Waals surface area (Å²) >= 11 is 0. The second-order valence-corrected chi connectivity index (χ2v) is 4.70. The molecule has 18 heavy (non-hydrogen) atoms. The molecule has 0 fully saturated rings. The van der Waals surface area contributed by atoms with Crippen LogP contribution in [0.2, 0.25) is 0 Å². The Labute approximate surface area is 107 Å². The lowest BCUT2D eigenvalue weighted by Gasteiger charge is -2.22. The Morgan fingerprint density at radius 2 is 2.22 bits per heavy atom. The lowest BCUT2D eigenvalue weighted by atomic mass is 10.1. The molecule has 0 aliphatic carbocycles. The van der Waals surface area contributed by atoms with Crippen LogP contribution in [-0.4, -0.2) is 56.0 Å². The van der Waals surface area contributed by atoms with Crippen molar-refractivity contribution in [2.75, 3.05) is 46.1 Å². The first kappa shape index (κ1) is 12.7. The molecule has 0 bridgehead atoms. The quantitative estimate of drug-likeness (QED) is 0.800. The summed E-state index contributed by atoms with van der Waals surface area (Å²) in [5.41, 5.74) is 6.87. The maximum atomic E-state index is 12.4. The van der Waals surface area contributed by atoms with Crippen LogP contribution in [0.1, 0.15) is 10.4 Å². The van der Waals surface area contributed by atoms with Gasteiger partial charge in [0.25, 0.3) is 5.91 Å². The van der Waals surface area contributed by atoms with Crippen LogP contribution in [-0.2, 0) is 0 Å². The number of ether oxygens (including phenoxy) is 1. The highest BCUT2D eigenvalue weighted by Crippen LogP contribution is 2.25. The average Bonchev–Trinajstić information content (AvgIpc) is 2.47. The fourth-order valence-electron chi connectivity index (χ4n) is 1.91. The van der Waals surface area contributed by atoms with Crippen molar-refractivity contribution >= 4 is 11.6 Å². The van der Waals surface area contributed by atoms with E-state index in [0.29, 0.717) is 36.7 Å². The van der Waals surface area contributed by atoms with Gasteiger partial charge >= 0.3 is 0 Å². The number of amides is 1. The molecule has 1 aromatic carbocycles. The largest absolute Gasteiger partial charge is 0.491 e. The van der Waals surface area contributed by atoms with E-state index in [4.69, 9.17) is 10.5 Å². The van der Waals surface area contributed by atoms with Crippen LogP contribution in [0, 0.1) is 0 Å². The number of nitrogens with two attached hydrogens (primary N) is 1. The third kappa shape index (κ3) is 2.73. The first-order chi connectivity index (χ1) is 8.58. The van der Waals surface area contributed by atoms with Gasteiger partial charge in [0.15, 0.2) is 0 Å². The smallest absolute Gasteiger partial charge is 0.257 e. The van der Waals surface area contributed by atoms with Crippen LogP contribution in [0.4, 0.5) is 5.69 Å². The Hall–Kier alpha value is -1.75. The number of likely N-dealkylation sites (N-methyl/N-ethyl adjacent to an activating group) is 1. The second-order valence-electron chi connectivity index (χ2n) is 4.70. The molecule has 2 rings (SSSR count). The summed E-state index contributed by atoms with van der Waals surface area (Å²) in [6.07, 6.45) is 0. The number of carbonyl (C=O) groups is 1. The zero-order chi connectivity index (χ0) is 13.1. The number of benzene rings is 1. The number of anilines is 1. The highest BCUT2D eigenvalue weighted by molar-refractivity contribution is 5.98. The van der Waals surface area contributed by atoms with E-state index in [-0.39, 0.29) is 5.91 Å². The molecule has 1 aliphatic heterocycles. The van der Waals surface area contributed by atoms with Crippen LogP contribution in [0.15, 0.2) is 18.2 Å². The van der Waals surface area contributed by atoms with Crippen LogP contribution >= 0.6 is 0 Å². The van der Waals surface area contributed by atoms with Gasteiger partial charge in [-0.1, -0.05) is 0 Å². The van der Waals surface area contributed by atoms with E-state index in [2.05, 4.69) is 4.90 Å². The molecule has 5 heteroatoms. The molecule has 1 amide bonds. The van der Waals surface area contributed by atoms with E-state index in [9.17, 15) is 4.79 Å². The monoisotopic (exact) mass is 249 g/mol. The zero-order valence-electron chi connectivity index (χ0n) is 10.8. The van der Waals surface area contributed by atoms with Crippen LogP contribution in [0.3, 0.4) is 0 Å². The minimum atomic E-state index is -0.00310. The third-order valence-corrected chi connectivity index (χ3v) is 2.96. The van der Waals surface area contributed by atoms with Crippen LogP contribution < -0.4 is 10.5 Å². The first-order valence-electron chi connectivity index (χ1n) is 6.04. The highest BCUT2D eigenvalue weighted by atomic mass is 16.5. The van der Waals surface area contributed by atoms with Crippen molar-refractivity contribution in [1.29, 1.82) is 0 Å². The number of nitrogen functional groups attached to an aromatic ring is 1. The fraction of sp³-hybridized carbons (Fsp3) is 0.462. The molecule has 0 radical (unpaired) electrons. The van der Waals surface area contributed by atoms with Crippen molar-refractivity contribution in [3.05, 3.63) is 23.8 Å². The van der Waals surface area contributed by atoms with Crippen LogP contribution in [0.25, 0.3) is 0 Å². The van der Waals surface area contributed by atoms with Crippen molar-refractivity contribution in [2.24, 2.45) is 0 Å². The predicted octanol–water partition coefficient (Wildman–Crippen LogP) is 0.665. The zero-order valence-corrected chi connectivity index (χ0v) is 10.8. The molecule has 5 nitrogen and oxygen atoms in total. The minimum absolute atomic E-state index is 0.00310. The summed E-state index contributed by atoms with van der Waals surface area (Å²) in [6.45, 7) is 2.67. The van der Waals surface area contributed by atoms with Crippen molar-refractivity contribution in [3.63, 3.8) is 0 Å². The normalized spacial score (nSPS) is 15.3. The van der Waals surface area contributed by atoms with Gasteiger partial charge in [-0.3, -0.25) is 4.79 Å². The summed E-state index contributed by atoms with van der Waals surface area (Å²) in [4.78, 5) is 16.2. The van der Waals surface area contributed by atoms with Gasteiger partial charge in [0, 0.05) is 18.8 Å². The van der Waals surface area contributed by atoms with E-state index in [1.807, 2.05) is 19.0 Å². The Balaban J connectivity index is 2.20. The molecule has 98 valence electrons. The molecule has 1 aliphatic rings. The summed E-state index contributed by atoms with van der Waals surface area (Å²) in [6, 6.07) is 5.20. The van der Waals surface area contributed by atoms with Crippen molar-refractivity contribution in [3.8, 4) is 5.75 Å². The van der Waals surface area contributed by atoms with Gasteiger partial charge in [-0.2, -0.15) is 0 Å². The molecule has 0 spiro atoms. The predicted molar refractivity (Wildman–Crippen MR) is 70.8 cm³/mol. The highest BCUT2D eigenvalue weighted by Gasteiger charge is 2.23. The molecular formula is C13H19N3O2. The number of hydrogen-bond donors (Lipinski definition) is 1. The second kappa shape index (κ2) is 5.27. The maximum absolute atomic E-state index is 12.4. The van der Waals surface area contributed by atoms with Gasteiger partial charge < -0.3 is 20.3 Å². The van der Waals surface area contributed by atoms with E-state index in [1.165, 1.54) is 0 Å². The van der Waals surface area contributed by atoms with Crippen molar-refractivity contribution < 1.29 is 9.53 Å². The molecule has 1 heterocycles. The van der Waals surface area contributed by atoms with Gasteiger partial charge in [0.1, 0.15) is 12.4 Å². The summed E-state index contributed by atoms with van der Waals surface area (Å²) in [7, 11) is 3.98. The van der Waals surface area contributed by atoms with Gasteiger partial charge in [0.2, 0.25) is 0 Å². The first-order valence-corrected chi connectivity index (χ1v) is 6.04. The fourth-order valence-corrected chi connectivity index (χ4v) is 1.91. The topological polar surface area (TPSA) is 58.8 Å². The molecule has 1 aromatic rings. The lowest BCUT2D eigenvalue weighted by molar-refractivity contribution is 0.0745. The van der Waals surface area contributed by atoms with Gasteiger partial charge in [-0.25, -0.2) is 0 Å². The Kier molecular flexibility index (Phi) is 3.72. The summed E-state index contributed by atoms with van der Waals surface area (Å²) < 4.78 is 5.58. The molecule has 0 aromatic heterocycles. The Morgan fingerprint density at radius 1 is 1.44 bits per heavy atom. The van der Waals surface area contributed by atoms with Gasteiger partial charge in [0.05, 0.1) is 12.1 Å². The number of nitrogens with zero attached hydrogens (tertiary/aromatic N) is 2. The minimum Gasteiger partial charge on any atom is -0.491 e. The number of carbonyl (C=O) groups excluding carboxylic acids is 1. The standard InChI is InChI=1S/C13H19N3O2/c1-15(2)5-6-16-7-8-18-12-4-3-10(14)9-11(12)13(16)17/h3-4,9H,5-8,14H2,1-2H3. The SMILES string of the molecule is CN(C)CCN1CCOc2ccc(N)cc2C1=O. The van der Waals surface area contributed by atoms with E-state index in [0.717, 1.165) is 6.54 Å². The van der Waals surface area contributed by atoms with E-state index >= 15 is 0 Å². The van der Waals surface area contributed by atoms with Gasteiger partial charge in [-0.15, -0.1) is 0 Å². The molecular weight excluding hydrogens is 230 g/mol. The number of rotatable bonds is 3. The molecule has 0 atom stereocenters. The molecule has 0 unspecified atom stereocenters. The number of hydrogen-bond acceptors (Lipinski definition) is 4. The van der Waals surface area contributed by atoms with Crippen LogP contribution in [0.5, 0.6) is 5.75 Å². The number of fused-ring (bicyclic) bond motifs is 1. The maximum Gasteiger partial charge on any atom is 0.257 e.